The minimum Gasteiger partial charge on any atom is -0.307 e. The molecule has 4 aromatic heterocycles. The Hall–Kier alpha value is -5.74. The molecule has 4 heterocycles. The molecule has 0 atom stereocenters. The zero-order valence-corrected chi connectivity index (χ0v) is 22.5. The number of hydrogen-bond acceptors (Lipinski definition) is 2. The summed E-state index contributed by atoms with van der Waals surface area (Å²) in [6.07, 6.45) is 7.74. The van der Waals surface area contributed by atoms with Crippen molar-refractivity contribution in [3.05, 3.63) is 134 Å². The molecule has 4 nitrogen and oxygen atoms in total. The molecule has 0 amide bonds. The van der Waals surface area contributed by atoms with Crippen LogP contribution in [0.25, 0.3) is 87.3 Å². The zero-order chi connectivity index (χ0) is 27.4. The van der Waals surface area contributed by atoms with Crippen molar-refractivity contribution in [1.82, 2.24) is 19.1 Å². The van der Waals surface area contributed by atoms with Gasteiger partial charge in [-0.15, -0.1) is 0 Å². The first-order valence-corrected chi connectivity index (χ1v) is 14.2. The quantitative estimate of drug-likeness (QED) is 0.207. The molecule has 194 valence electrons. The first-order valence-electron chi connectivity index (χ1n) is 14.2. The van der Waals surface area contributed by atoms with Crippen molar-refractivity contribution in [3.63, 3.8) is 0 Å². The van der Waals surface area contributed by atoms with Gasteiger partial charge in [-0.2, -0.15) is 0 Å². The van der Waals surface area contributed by atoms with Gasteiger partial charge in [-0.3, -0.25) is 9.97 Å². The van der Waals surface area contributed by atoms with Gasteiger partial charge in [-0.25, -0.2) is 0 Å². The second-order valence-electron chi connectivity index (χ2n) is 11.1. The fraction of sp³-hybridized carbons (Fsp3) is 0. The number of hydrogen-bond donors (Lipinski definition) is 0. The monoisotopic (exact) mass is 534 g/mol. The van der Waals surface area contributed by atoms with E-state index < -0.39 is 0 Å². The Balaban J connectivity index is 1.35. The summed E-state index contributed by atoms with van der Waals surface area (Å²) in [4.78, 5) is 9.03. The molecule has 10 aromatic rings. The van der Waals surface area contributed by atoms with Crippen LogP contribution in [0, 0.1) is 0 Å². The van der Waals surface area contributed by atoms with Gasteiger partial charge in [-0.1, -0.05) is 72.8 Å². The molecule has 0 radical (unpaired) electrons. The van der Waals surface area contributed by atoms with Crippen LogP contribution >= 0.6 is 0 Å². The van der Waals surface area contributed by atoms with Crippen LogP contribution in [0.2, 0.25) is 0 Å². The topological polar surface area (TPSA) is 35.6 Å². The Bertz CT molecular complexity index is 2400. The summed E-state index contributed by atoms with van der Waals surface area (Å²) in [6.45, 7) is 0. The minimum absolute atomic E-state index is 1.12. The summed E-state index contributed by atoms with van der Waals surface area (Å²) in [5, 5.41) is 12.4. The highest BCUT2D eigenvalue weighted by Crippen LogP contribution is 2.43. The van der Waals surface area contributed by atoms with Crippen LogP contribution in [0.4, 0.5) is 0 Å². The van der Waals surface area contributed by atoms with Crippen LogP contribution in [0.5, 0.6) is 0 Å². The van der Waals surface area contributed by atoms with Gasteiger partial charge in [-0.05, 0) is 57.9 Å². The Morgan fingerprint density at radius 2 is 0.786 bits per heavy atom. The molecule has 4 heteroatoms. The third-order valence-electron chi connectivity index (χ3n) is 9.05. The molecule has 0 saturated heterocycles. The molecule has 6 aromatic carbocycles. The lowest BCUT2D eigenvalue weighted by atomic mass is 9.92. The van der Waals surface area contributed by atoms with E-state index in [4.69, 9.17) is 0 Å². The molecule has 0 bridgehead atoms. The van der Waals surface area contributed by atoms with Gasteiger partial charge in [0.2, 0.25) is 0 Å². The van der Waals surface area contributed by atoms with Crippen LogP contribution in [-0.2, 0) is 0 Å². The SMILES string of the molecule is c1ccc2c(c1)c1ccncc1n2-c1ccc2ccc3c(-n4c5ccccc5c5ccncc54)ccc4ccc1c2c43. The van der Waals surface area contributed by atoms with Crippen molar-refractivity contribution < 1.29 is 0 Å². The van der Waals surface area contributed by atoms with Gasteiger partial charge in [0.05, 0.1) is 45.8 Å². The number of aromatic nitrogens is 4. The van der Waals surface area contributed by atoms with Crippen LogP contribution < -0.4 is 0 Å². The highest BCUT2D eigenvalue weighted by atomic mass is 15.0. The lowest BCUT2D eigenvalue weighted by Crippen LogP contribution is -1.99. The first-order chi connectivity index (χ1) is 20.9. The number of nitrogens with zero attached hydrogens (tertiary/aromatic N) is 4. The van der Waals surface area contributed by atoms with Gasteiger partial charge in [0.1, 0.15) is 0 Å². The molecule has 0 aliphatic carbocycles. The van der Waals surface area contributed by atoms with Gasteiger partial charge in [0.15, 0.2) is 0 Å². The summed E-state index contributed by atoms with van der Waals surface area (Å²) in [5.41, 5.74) is 6.95. The maximum atomic E-state index is 4.52. The predicted molar refractivity (Wildman–Crippen MR) is 174 cm³/mol. The maximum absolute atomic E-state index is 4.52. The van der Waals surface area contributed by atoms with E-state index in [1.165, 1.54) is 76.3 Å². The fourth-order valence-electron chi connectivity index (χ4n) is 7.32. The highest BCUT2D eigenvalue weighted by molar-refractivity contribution is 6.27. The van der Waals surface area contributed by atoms with Crippen molar-refractivity contribution >= 4 is 75.9 Å². The van der Waals surface area contributed by atoms with E-state index >= 15 is 0 Å². The third kappa shape index (κ3) is 2.71. The molecule has 0 N–H and O–H groups in total. The van der Waals surface area contributed by atoms with Crippen LogP contribution in [0.3, 0.4) is 0 Å². The summed E-state index contributed by atoms with van der Waals surface area (Å²) in [6, 6.07) is 39.7. The lowest BCUT2D eigenvalue weighted by Gasteiger charge is -2.18. The van der Waals surface area contributed by atoms with Gasteiger partial charge in [0, 0.05) is 44.7 Å². The average Bonchev–Trinajstić information content (AvgIpc) is 3.57. The molecule has 0 spiro atoms. The van der Waals surface area contributed by atoms with E-state index in [9.17, 15) is 0 Å². The molecular formula is C38H22N4. The van der Waals surface area contributed by atoms with Gasteiger partial charge < -0.3 is 9.13 Å². The molecule has 0 aliphatic rings. The van der Waals surface area contributed by atoms with E-state index in [1.54, 1.807) is 0 Å². The van der Waals surface area contributed by atoms with Crippen LogP contribution in [0.15, 0.2) is 134 Å². The Morgan fingerprint density at radius 3 is 1.29 bits per heavy atom. The smallest absolute Gasteiger partial charge is 0.0724 e. The van der Waals surface area contributed by atoms with Crippen molar-refractivity contribution in [2.45, 2.75) is 0 Å². The highest BCUT2D eigenvalue weighted by Gasteiger charge is 2.19. The Labute approximate surface area is 240 Å². The van der Waals surface area contributed by atoms with Crippen molar-refractivity contribution in [1.29, 1.82) is 0 Å². The van der Waals surface area contributed by atoms with E-state index in [1.807, 2.05) is 24.8 Å². The molecule has 42 heavy (non-hydrogen) atoms. The van der Waals surface area contributed by atoms with E-state index in [-0.39, 0.29) is 0 Å². The number of benzene rings is 6. The maximum Gasteiger partial charge on any atom is 0.0724 e. The standard InChI is InChI=1S/C38H22N4/c1-3-7-31-25(5-1)27-17-19-39-21-35(27)41(31)33-15-11-23-10-14-30-34(16-12-24-9-13-29(33)37(23)38(24)30)42-32-8-4-2-6-26(32)28-18-20-40-22-36(28)42/h1-22H. The molecule has 0 unspecified atom stereocenters. The Morgan fingerprint density at radius 1 is 0.357 bits per heavy atom. The normalized spacial score (nSPS) is 12.3. The van der Waals surface area contributed by atoms with Crippen molar-refractivity contribution in [3.8, 4) is 11.4 Å². The summed E-state index contributed by atoms with van der Waals surface area (Å²) < 4.78 is 4.76. The van der Waals surface area contributed by atoms with Crippen LogP contribution in [0.1, 0.15) is 0 Å². The lowest BCUT2D eigenvalue weighted by molar-refractivity contribution is 1.18. The van der Waals surface area contributed by atoms with E-state index in [0.717, 1.165) is 11.0 Å². The van der Waals surface area contributed by atoms with E-state index in [2.05, 4.69) is 128 Å². The summed E-state index contributed by atoms with van der Waals surface area (Å²) in [5.74, 6) is 0. The average molecular weight is 535 g/mol. The largest absolute Gasteiger partial charge is 0.307 e. The van der Waals surface area contributed by atoms with Crippen molar-refractivity contribution in [2.24, 2.45) is 0 Å². The number of fused-ring (bicyclic) bond motifs is 6. The van der Waals surface area contributed by atoms with Gasteiger partial charge in [0.25, 0.3) is 0 Å². The minimum atomic E-state index is 1.12. The summed E-state index contributed by atoms with van der Waals surface area (Å²) >= 11 is 0. The zero-order valence-electron chi connectivity index (χ0n) is 22.5. The molecule has 0 aliphatic heterocycles. The summed E-state index contributed by atoms with van der Waals surface area (Å²) in [7, 11) is 0. The second kappa shape index (κ2) is 7.93. The molecule has 0 fully saturated rings. The fourth-order valence-corrected chi connectivity index (χ4v) is 7.32. The number of para-hydroxylation sites is 2. The number of rotatable bonds is 2. The molecule has 10 rings (SSSR count). The van der Waals surface area contributed by atoms with E-state index in [0.29, 0.717) is 0 Å². The first kappa shape index (κ1) is 22.0. The van der Waals surface area contributed by atoms with Crippen LogP contribution in [-0.4, -0.2) is 19.1 Å². The molecule has 0 saturated carbocycles. The van der Waals surface area contributed by atoms with Crippen molar-refractivity contribution in [2.75, 3.05) is 0 Å². The number of pyridine rings is 2. The van der Waals surface area contributed by atoms with Gasteiger partial charge >= 0.3 is 0 Å². The third-order valence-corrected chi connectivity index (χ3v) is 9.05. The second-order valence-corrected chi connectivity index (χ2v) is 11.1. The molecular weight excluding hydrogens is 512 g/mol. The Kier molecular flexibility index (Phi) is 4.15. The predicted octanol–water partition coefficient (Wildman–Crippen LogP) is 9.57.